The predicted octanol–water partition coefficient (Wildman–Crippen LogP) is 4.10. The molecule has 2 aliphatic heterocycles. The number of nitrogens with zero attached hydrogens (tertiary/aromatic N) is 5. The van der Waals surface area contributed by atoms with Gasteiger partial charge in [0, 0.05) is 54.4 Å². The van der Waals surface area contributed by atoms with Crippen molar-refractivity contribution in [3.8, 4) is 11.3 Å². The number of carbonyl (C=O) groups excluding carboxylic acids is 1. The fourth-order valence-corrected chi connectivity index (χ4v) is 5.26. The zero-order valence-corrected chi connectivity index (χ0v) is 19.9. The molecule has 5 rings (SSSR count). The van der Waals surface area contributed by atoms with Crippen molar-refractivity contribution in [2.24, 2.45) is 0 Å². The number of hydrogen-bond acceptors (Lipinski definition) is 5. The van der Waals surface area contributed by atoms with Crippen LogP contribution in [-0.4, -0.2) is 43.6 Å². The number of pyridine rings is 2. The number of anilines is 1. The second kappa shape index (κ2) is 7.79. The van der Waals surface area contributed by atoms with Gasteiger partial charge in [-0.25, -0.2) is 4.98 Å². The maximum absolute atomic E-state index is 13.5. The van der Waals surface area contributed by atoms with Crippen LogP contribution in [0.4, 0.5) is 19.0 Å². The van der Waals surface area contributed by atoms with Gasteiger partial charge >= 0.3 is 6.18 Å². The number of carbonyl (C=O) groups is 1. The average Bonchev–Trinajstić information content (AvgIpc) is 3.50. The minimum atomic E-state index is -4.59. The van der Waals surface area contributed by atoms with Gasteiger partial charge in [-0.3, -0.25) is 14.5 Å². The smallest absolute Gasteiger partial charge is 0.383 e. The Kier molecular flexibility index (Phi) is 5.19. The molecule has 3 aromatic rings. The molecule has 0 bridgehead atoms. The molecule has 0 saturated carbocycles. The first-order valence-corrected chi connectivity index (χ1v) is 11.5. The van der Waals surface area contributed by atoms with Crippen LogP contribution in [-0.2, 0) is 28.3 Å². The molecule has 1 saturated heterocycles. The van der Waals surface area contributed by atoms with Crippen molar-refractivity contribution in [3.63, 3.8) is 0 Å². The Bertz CT molecular complexity index is 1300. The van der Waals surface area contributed by atoms with E-state index in [1.54, 1.807) is 6.20 Å². The Hall–Kier alpha value is -3.43. The molecule has 3 aromatic heterocycles. The third kappa shape index (κ3) is 3.84. The van der Waals surface area contributed by atoms with Gasteiger partial charge in [0.25, 0.3) is 0 Å². The lowest BCUT2D eigenvalue weighted by atomic mass is 9.81. The second-order valence-electron chi connectivity index (χ2n) is 10.1. The fraction of sp³-hybridized carbons (Fsp3) is 0.440. The van der Waals surface area contributed by atoms with Crippen molar-refractivity contribution in [2.75, 3.05) is 18.8 Å². The summed E-state index contributed by atoms with van der Waals surface area (Å²) < 4.78 is 41.8. The number of nitrogen functional groups attached to an aromatic ring is 1. The van der Waals surface area contributed by atoms with E-state index in [2.05, 4.69) is 15.1 Å². The summed E-state index contributed by atoms with van der Waals surface area (Å²) >= 11 is 0. The monoisotopic (exact) mass is 484 g/mol. The number of aryl methyl sites for hydroxylation is 2. The van der Waals surface area contributed by atoms with Crippen molar-refractivity contribution in [3.05, 3.63) is 59.2 Å². The number of aromatic nitrogens is 4. The van der Waals surface area contributed by atoms with Gasteiger partial charge in [0.15, 0.2) is 0 Å². The quantitative estimate of drug-likeness (QED) is 0.605. The molecule has 2 aliphatic rings. The second-order valence-corrected chi connectivity index (χ2v) is 10.1. The summed E-state index contributed by atoms with van der Waals surface area (Å²) in [4.78, 5) is 23.5. The number of hydrogen-bond donors (Lipinski definition) is 1. The van der Waals surface area contributed by atoms with Gasteiger partial charge in [0.2, 0.25) is 5.91 Å². The van der Waals surface area contributed by atoms with Crippen molar-refractivity contribution >= 4 is 11.7 Å². The number of fused-ring (bicyclic) bond motifs is 2. The highest BCUT2D eigenvalue weighted by Crippen LogP contribution is 2.45. The molecule has 184 valence electrons. The van der Waals surface area contributed by atoms with Gasteiger partial charge in [-0.2, -0.15) is 18.3 Å². The maximum atomic E-state index is 13.5. The van der Waals surface area contributed by atoms with Crippen molar-refractivity contribution < 1.29 is 18.0 Å². The molecule has 0 unspecified atom stereocenters. The minimum absolute atomic E-state index is 0.0378. The average molecular weight is 485 g/mol. The van der Waals surface area contributed by atoms with Crippen LogP contribution >= 0.6 is 0 Å². The number of halogens is 3. The van der Waals surface area contributed by atoms with Crippen LogP contribution < -0.4 is 5.73 Å². The first-order valence-electron chi connectivity index (χ1n) is 11.5. The molecule has 1 fully saturated rings. The summed E-state index contributed by atoms with van der Waals surface area (Å²) in [5.41, 5.74) is 6.89. The normalized spacial score (nSPS) is 20.0. The van der Waals surface area contributed by atoms with E-state index in [1.165, 1.54) is 6.20 Å². The first kappa shape index (κ1) is 23.3. The zero-order chi connectivity index (χ0) is 25.2. The molecule has 2 N–H and O–H groups in total. The standard InChI is InChI=1S/C25H27F3N6O/c1-15-4-5-17(13-30-15)23(2,3)22(35)33-8-6-24(14-33)7-9-34-20(24)11-19(32-34)16-10-18(25(26,27)28)21(29)31-12-16/h4-5,10-13H,6-9,14H2,1-3H3,(H2,29,31)/t24-/m1/s1. The SMILES string of the molecule is Cc1ccc(C(C)(C)C(=O)N2CC[C@@]3(CCn4nc(-c5cnc(N)c(C(F)(F)F)c5)cc43)C2)cn1. The zero-order valence-electron chi connectivity index (χ0n) is 19.9. The highest BCUT2D eigenvalue weighted by atomic mass is 19.4. The lowest BCUT2D eigenvalue weighted by molar-refractivity contribution is -0.137. The Morgan fingerprint density at radius 2 is 1.83 bits per heavy atom. The number of amides is 1. The van der Waals surface area contributed by atoms with Crippen LogP contribution in [0.3, 0.4) is 0 Å². The summed E-state index contributed by atoms with van der Waals surface area (Å²) in [5.74, 6) is -0.517. The summed E-state index contributed by atoms with van der Waals surface area (Å²) in [7, 11) is 0. The van der Waals surface area contributed by atoms with E-state index in [4.69, 9.17) is 5.73 Å². The Morgan fingerprint density at radius 3 is 2.51 bits per heavy atom. The van der Waals surface area contributed by atoms with E-state index in [9.17, 15) is 18.0 Å². The highest BCUT2D eigenvalue weighted by Gasteiger charge is 2.49. The summed E-state index contributed by atoms with van der Waals surface area (Å²) in [5, 5.41) is 4.56. The lowest BCUT2D eigenvalue weighted by Crippen LogP contribution is -2.43. The molecule has 7 nitrogen and oxygen atoms in total. The molecular formula is C25H27F3N6O. The molecule has 1 amide bonds. The molecule has 1 atom stereocenters. The number of likely N-dealkylation sites (tertiary alicyclic amines) is 1. The Labute approximate surface area is 201 Å². The maximum Gasteiger partial charge on any atom is 0.419 e. The van der Waals surface area contributed by atoms with Crippen LogP contribution in [0.25, 0.3) is 11.3 Å². The van der Waals surface area contributed by atoms with Crippen LogP contribution in [0.5, 0.6) is 0 Å². The topological polar surface area (TPSA) is 89.9 Å². The van der Waals surface area contributed by atoms with E-state index in [1.807, 2.05) is 48.6 Å². The Balaban J connectivity index is 1.41. The molecule has 0 aliphatic carbocycles. The first-order chi connectivity index (χ1) is 16.4. The third-order valence-corrected chi connectivity index (χ3v) is 7.45. The molecule has 1 spiro atoms. The predicted molar refractivity (Wildman–Crippen MR) is 124 cm³/mol. The molecule has 35 heavy (non-hydrogen) atoms. The molecule has 10 heteroatoms. The van der Waals surface area contributed by atoms with E-state index >= 15 is 0 Å². The lowest BCUT2D eigenvalue weighted by Gasteiger charge is -2.31. The highest BCUT2D eigenvalue weighted by molar-refractivity contribution is 5.87. The number of rotatable bonds is 3. The van der Waals surface area contributed by atoms with Gasteiger partial charge in [-0.15, -0.1) is 0 Å². The number of alkyl halides is 3. The summed E-state index contributed by atoms with van der Waals surface area (Å²) in [6.45, 7) is 7.55. The number of nitrogens with two attached hydrogens (primary N) is 1. The van der Waals surface area contributed by atoms with Gasteiger partial charge in [-0.1, -0.05) is 6.07 Å². The van der Waals surface area contributed by atoms with E-state index in [0.717, 1.165) is 35.9 Å². The molecular weight excluding hydrogens is 457 g/mol. The van der Waals surface area contributed by atoms with Crippen LogP contribution in [0.1, 0.15) is 49.2 Å². The summed E-state index contributed by atoms with van der Waals surface area (Å²) in [6.07, 6.45) is 0.0895. The van der Waals surface area contributed by atoms with Gasteiger partial charge < -0.3 is 10.6 Å². The minimum Gasteiger partial charge on any atom is -0.383 e. The van der Waals surface area contributed by atoms with Crippen LogP contribution in [0, 0.1) is 6.92 Å². The van der Waals surface area contributed by atoms with Gasteiger partial charge in [0.1, 0.15) is 5.82 Å². The van der Waals surface area contributed by atoms with Crippen LogP contribution in [0.15, 0.2) is 36.7 Å². The molecule has 0 radical (unpaired) electrons. The van der Waals surface area contributed by atoms with Crippen LogP contribution in [0.2, 0.25) is 0 Å². The molecule has 0 aromatic carbocycles. The van der Waals surface area contributed by atoms with Crippen molar-refractivity contribution in [2.45, 2.75) is 57.2 Å². The van der Waals surface area contributed by atoms with Crippen molar-refractivity contribution in [1.82, 2.24) is 24.6 Å². The summed E-state index contributed by atoms with van der Waals surface area (Å²) in [6, 6.07) is 6.68. The van der Waals surface area contributed by atoms with Gasteiger partial charge in [0.05, 0.1) is 16.7 Å². The largest absolute Gasteiger partial charge is 0.419 e. The molecule has 5 heterocycles. The third-order valence-electron chi connectivity index (χ3n) is 7.45. The van der Waals surface area contributed by atoms with E-state index in [-0.39, 0.29) is 16.9 Å². The Morgan fingerprint density at radius 1 is 1.09 bits per heavy atom. The fourth-order valence-electron chi connectivity index (χ4n) is 5.26. The van der Waals surface area contributed by atoms with Crippen molar-refractivity contribution in [1.29, 1.82) is 0 Å². The van der Waals surface area contributed by atoms with E-state index in [0.29, 0.717) is 25.3 Å². The van der Waals surface area contributed by atoms with E-state index < -0.39 is 23.0 Å². The van der Waals surface area contributed by atoms with Gasteiger partial charge in [-0.05, 0) is 57.4 Å².